The largest absolute Gasteiger partial charge is 0.462 e. The lowest BCUT2D eigenvalue weighted by Crippen LogP contribution is -2.20. The van der Waals surface area contributed by atoms with Gasteiger partial charge in [0.2, 0.25) is 0 Å². The van der Waals surface area contributed by atoms with Gasteiger partial charge in [0, 0.05) is 11.6 Å². The Balaban J connectivity index is 2.30. The van der Waals surface area contributed by atoms with Crippen LogP contribution in [0.5, 0.6) is 0 Å². The molecule has 0 saturated carbocycles. The summed E-state index contributed by atoms with van der Waals surface area (Å²) >= 11 is 0. The van der Waals surface area contributed by atoms with Gasteiger partial charge in [-0.15, -0.1) is 0 Å². The Kier molecular flexibility index (Phi) is 3.72. The molecular formula is C13H14N2O3. The Bertz CT molecular complexity index is 619. The molecule has 0 fully saturated rings. The number of carbonyl (C=O) groups is 1. The van der Waals surface area contributed by atoms with Crippen molar-refractivity contribution in [2.24, 2.45) is 0 Å². The Morgan fingerprint density at radius 3 is 3.11 bits per heavy atom. The Morgan fingerprint density at radius 2 is 2.33 bits per heavy atom. The quantitative estimate of drug-likeness (QED) is 0.660. The van der Waals surface area contributed by atoms with Crippen molar-refractivity contribution in [2.45, 2.75) is 19.8 Å². The molecule has 2 rings (SSSR count). The maximum Gasteiger partial charge on any atom is 0.343 e. The zero-order chi connectivity index (χ0) is 13.0. The van der Waals surface area contributed by atoms with Gasteiger partial charge in [-0.3, -0.25) is 4.79 Å². The Hall–Kier alpha value is -2.17. The van der Waals surface area contributed by atoms with Crippen LogP contribution in [0, 0.1) is 0 Å². The fraction of sp³-hybridized carbons (Fsp3) is 0.308. The monoisotopic (exact) mass is 246 g/mol. The van der Waals surface area contributed by atoms with E-state index in [0.29, 0.717) is 17.6 Å². The van der Waals surface area contributed by atoms with Crippen molar-refractivity contribution in [1.29, 1.82) is 0 Å². The summed E-state index contributed by atoms with van der Waals surface area (Å²) in [6, 6.07) is 5.03. The van der Waals surface area contributed by atoms with Gasteiger partial charge in [0.15, 0.2) is 0 Å². The van der Waals surface area contributed by atoms with Crippen molar-refractivity contribution in [1.82, 2.24) is 9.97 Å². The molecule has 0 atom stereocenters. The first kappa shape index (κ1) is 12.3. The highest BCUT2D eigenvalue weighted by Gasteiger charge is 2.13. The first-order valence-corrected chi connectivity index (χ1v) is 5.87. The molecule has 0 amide bonds. The summed E-state index contributed by atoms with van der Waals surface area (Å²) in [4.78, 5) is 30.0. The number of unbranched alkanes of at least 4 members (excludes halogenated alkanes) is 1. The summed E-state index contributed by atoms with van der Waals surface area (Å²) < 4.78 is 5.02. The SMILES string of the molecule is CCCCOC(=O)c1cc2cccnc2[nH]c1=O. The summed E-state index contributed by atoms with van der Waals surface area (Å²) in [5, 5.41) is 0.708. The molecule has 5 heteroatoms. The van der Waals surface area contributed by atoms with Crippen molar-refractivity contribution in [3.8, 4) is 0 Å². The number of nitrogens with zero attached hydrogens (tertiary/aromatic N) is 1. The number of aromatic nitrogens is 2. The van der Waals surface area contributed by atoms with E-state index < -0.39 is 11.5 Å². The third-order valence-corrected chi connectivity index (χ3v) is 2.57. The average molecular weight is 246 g/mol. The second-order valence-corrected chi connectivity index (χ2v) is 3.94. The van der Waals surface area contributed by atoms with Crippen molar-refractivity contribution < 1.29 is 9.53 Å². The second kappa shape index (κ2) is 5.44. The van der Waals surface area contributed by atoms with Crippen LogP contribution in [-0.4, -0.2) is 22.5 Å². The number of aromatic amines is 1. The van der Waals surface area contributed by atoms with Crippen LogP contribution < -0.4 is 5.56 Å². The van der Waals surface area contributed by atoms with Crippen LogP contribution in [0.1, 0.15) is 30.1 Å². The molecule has 0 aromatic carbocycles. The van der Waals surface area contributed by atoms with E-state index in [1.54, 1.807) is 18.3 Å². The van der Waals surface area contributed by atoms with Gasteiger partial charge in [-0.2, -0.15) is 0 Å². The first-order valence-electron chi connectivity index (χ1n) is 5.87. The van der Waals surface area contributed by atoms with E-state index >= 15 is 0 Å². The smallest absolute Gasteiger partial charge is 0.343 e. The molecule has 0 aliphatic carbocycles. The standard InChI is InChI=1S/C13H14N2O3/c1-2-3-7-18-13(17)10-8-9-5-4-6-14-11(9)15-12(10)16/h4-6,8H,2-3,7H2,1H3,(H,14,15,16). The van der Waals surface area contributed by atoms with Crippen LogP contribution in [0.25, 0.3) is 11.0 Å². The Morgan fingerprint density at radius 1 is 1.50 bits per heavy atom. The molecule has 0 bridgehead atoms. The van der Waals surface area contributed by atoms with Crippen LogP contribution in [0.15, 0.2) is 29.2 Å². The van der Waals surface area contributed by atoms with Crippen LogP contribution >= 0.6 is 0 Å². The van der Waals surface area contributed by atoms with Gasteiger partial charge in [0.25, 0.3) is 5.56 Å². The number of H-pyrrole nitrogens is 1. The van der Waals surface area contributed by atoms with Gasteiger partial charge in [-0.05, 0) is 24.6 Å². The zero-order valence-corrected chi connectivity index (χ0v) is 10.1. The molecule has 2 heterocycles. The maximum atomic E-state index is 11.7. The highest BCUT2D eigenvalue weighted by Crippen LogP contribution is 2.08. The van der Waals surface area contributed by atoms with Crippen molar-refractivity contribution >= 4 is 17.0 Å². The number of nitrogens with one attached hydrogen (secondary N) is 1. The zero-order valence-electron chi connectivity index (χ0n) is 10.1. The van der Waals surface area contributed by atoms with E-state index in [2.05, 4.69) is 9.97 Å². The van der Waals surface area contributed by atoms with Crippen LogP contribution in [0.3, 0.4) is 0 Å². The number of fused-ring (bicyclic) bond motifs is 1. The molecule has 0 aliphatic rings. The van der Waals surface area contributed by atoms with Gasteiger partial charge in [-0.25, -0.2) is 9.78 Å². The van der Waals surface area contributed by atoms with Crippen molar-refractivity contribution in [3.63, 3.8) is 0 Å². The minimum atomic E-state index is -0.588. The number of ether oxygens (including phenoxy) is 1. The molecule has 2 aromatic rings. The van der Waals surface area contributed by atoms with E-state index in [9.17, 15) is 9.59 Å². The molecular weight excluding hydrogens is 232 g/mol. The number of pyridine rings is 2. The van der Waals surface area contributed by atoms with Crippen LogP contribution in [-0.2, 0) is 4.74 Å². The number of rotatable bonds is 4. The minimum Gasteiger partial charge on any atom is -0.462 e. The Labute approximate surface area is 104 Å². The summed E-state index contributed by atoms with van der Waals surface area (Å²) in [7, 11) is 0. The topological polar surface area (TPSA) is 72.0 Å². The van der Waals surface area contributed by atoms with Gasteiger partial charge in [-0.1, -0.05) is 13.3 Å². The van der Waals surface area contributed by atoms with E-state index in [0.717, 1.165) is 12.8 Å². The minimum absolute atomic E-state index is 0.0200. The highest BCUT2D eigenvalue weighted by atomic mass is 16.5. The lowest BCUT2D eigenvalue weighted by Gasteiger charge is -2.04. The fourth-order valence-corrected chi connectivity index (χ4v) is 1.57. The number of hydrogen-bond donors (Lipinski definition) is 1. The third-order valence-electron chi connectivity index (χ3n) is 2.57. The van der Waals surface area contributed by atoms with Gasteiger partial charge in [0.05, 0.1) is 6.61 Å². The van der Waals surface area contributed by atoms with E-state index in [4.69, 9.17) is 4.74 Å². The summed E-state index contributed by atoms with van der Waals surface area (Å²) in [6.45, 7) is 2.34. The first-order chi connectivity index (χ1) is 8.72. The molecule has 0 radical (unpaired) electrons. The van der Waals surface area contributed by atoms with Crippen LogP contribution in [0.2, 0.25) is 0 Å². The highest BCUT2D eigenvalue weighted by molar-refractivity contribution is 5.92. The number of esters is 1. The van der Waals surface area contributed by atoms with Crippen molar-refractivity contribution in [2.75, 3.05) is 6.61 Å². The van der Waals surface area contributed by atoms with Crippen LogP contribution in [0.4, 0.5) is 0 Å². The molecule has 5 nitrogen and oxygen atoms in total. The summed E-state index contributed by atoms with van der Waals surface area (Å²) in [6.07, 6.45) is 3.31. The molecule has 2 aromatic heterocycles. The number of carbonyl (C=O) groups excluding carboxylic acids is 1. The lowest BCUT2D eigenvalue weighted by molar-refractivity contribution is 0.0498. The molecule has 0 saturated heterocycles. The molecule has 18 heavy (non-hydrogen) atoms. The molecule has 0 spiro atoms. The molecule has 94 valence electrons. The van der Waals surface area contributed by atoms with Gasteiger partial charge >= 0.3 is 5.97 Å². The fourth-order valence-electron chi connectivity index (χ4n) is 1.57. The lowest BCUT2D eigenvalue weighted by atomic mass is 10.2. The molecule has 0 aliphatic heterocycles. The summed E-state index contributed by atoms with van der Waals surface area (Å²) in [5.41, 5.74) is 0.0157. The maximum absolute atomic E-state index is 11.7. The summed E-state index contributed by atoms with van der Waals surface area (Å²) in [5.74, 6) is -0.588. The van der Waals surface area contributed by atoms with Gasteiger partial charge in [0.1, 0.15) is 11.2 Å². The molecule has 1 N–H and O–H groups in total. The van der Waals surface area contributed by atoms with E-state index in [1.165, 1.54) is 6.07 Å². The van der Waals surface area contributed by atoms with E-state index in [1.807, 2.05) is 6.92 Å². The van der Waals surface area contributed by atoms with E-state index in [-0.39, 0.29) is 5.56 Å². The van der Waals surface area contributed by atoms with Crippen molar-refractivity contribution in [3.05, 3.63) is 40.3 Å². The average Bonchev–Trinajstić information content (AvgIpc) is 2.38. The third kappa shape index (κ3) is 2.56. The second-order valence-electron chi connectivity index (χ2n) is 3.94. The predicted octanol–water partition coefficient (Wildman–Crippen LogP) is 1.88. The number of hydrogen-bond acceptors (Lipinski definition) is 4. The predicted molar refractivity (Wildman–Crippen MR) is 67.6 cm³/mol. The van der Waals surface area contributed by atoms with Gasteiger partial charge < -0.3 is 9.72 Å². The normalized spacial score (nSPS) is 10.5. The molecule has 0 unspecified atom stereocenters.